The van der Waals surface area contributed by atoms with E-state index < -0.39 is 0 Å². The van der Waals surface area contributed by atoms with Gasteiger partial charge in [0.05, 0.1) is 6.61 Å². The number of ether oxygens (including phenoxy) is 1. The molecule has 1 N–H and O–H groups in total. The molecule has 0 aromatic heterocycles. The molecule has 138 valence electrons. The molecule has 1 aliphatic heterocycles. The van der Waals surface area contributed by atoms with Gasteiger partial charge >= 0.3 is 0 Å². The quantitative estimate of drug-likeness (QED) is 0.841. The summed E-state index contributed by atoms with van der Waals surface area (Å²) in [5.74, 6) is 0.364. The summed E-state index contributed by atoms with van der Waals surface area (Å²) in [7, 11) is 0. The average molecular weight is 375 g/mol. The van der Waals surface area contributed by atoms with Crippen LogP contribution in [0.3, 0.4) is 0 Å². The van der Waals surface area contributed by atoms with Gasteiger partial charge in [0.1, 0.15) is 11.6 Å². The number of aliphatic hydroxyl groups is 1. The molecule has 0 spiro atoms. The number of hydrogen-bond acceptors (Lipinski definition) is 4. The van der Waals surface area contributed by atoms with Gasteiger partial charge < -0.3 is 14.7 Å². The molecule has 4 nitrogen and oxygen atoms in total. The Morgan fingerprint density at radius 1 is 1.31 bits per heavy atom. The third kappa shape index (κ3) is 4.56. The van der Waals surface area contributed by atoms with Gasteiger partial charge in [-0.2, -0.15) is 0 Å². The van der Waals surface area contributed by atoms with Crippen LogP contribution in [-0.2, 0) is 11.4 Å². The number of benzene rings is 2. The fourth-order valence-electron chi connectivity index (χ4n) is 2.87. The molecular weight excluding hydrogens is 353 g/mol. The van der Waals surface area contributed by atoms with Gasteiger partial charge in [-0.05, 0) is 42.7 Å². The van der Waals surface area contributed by atoms with Crippen LogP contribution in [0.25, 0.3) is 0 Å². The fraction of sp³-hybridized carbons (Fsp3) is 0.350. The van der Waals surface area contributed by atoms with E-state index >= 15 is 0 Å². The number of amides is 1. The standard InChI is InChI=1S/C20H22FNO3S/c1-14-3-2-4-18(20(14)21)26-17-9-10-22(11-17)19(24)13-25-16-7-5-15(12-23)6-8-16/h2-8,17,23H,9-13H2,1H3. The number of nitrogens with zero attached hydrogens (tertiary/aromatic N) is 1. The van der Waals surface area contributed by atoms with E-state index in [9.17, 15) is 9.18 Å². The predicted octanol–water partition coefficient (Wildman–Crippen LogP) is 3.40. The number of rotatable bonds is 6. The van der Waals surface area contributed by atoms with Crippen LogP contribution in [0, 0.1) is 12.7 Å². The number of carbonyl (C=O) groups is 1. The van der Waals surface area contributed by atoms with E-state index in [0.29, 0.717) is 29.3 Å². The maximum atomic E-state index is 14.1. The molecular formula is C20H22FNO3S. The summed E-state index contributed by atoms with van der Waals surface area (Å²) in [5.41, 5.74) is 1.44. The number of likely N-dealkylation sites (tertiary alicyclic amines) is 1. The van der Waals surface area contributed by atoms with Crippen LogP contribution in [-0.4, -0.2) is 40.9 Å². The van der Waals surface area contributed by atoms with Crippen LogP contribution >= 0.6 is 11.8 Å². The van der Waals surface area contributed by atoms with Crippen LogP contribution in [0.5, 0.6) is 5.75 Å². The van der Waals surface area contributed by atoms with Gasteiger partial charge in [-0.15, -0.1) is 11.8 Å². The Morgan fingerprint density at radius 3 is 2.81 bits per heavy atom. The zero-order valence-electron chi connectivity index (χ0n) is 14.7. The molecule has 1 fully saturated rings. The Kier molecular flexibility index (Phi) is 6.16. The first-order chi connectivity index (χ1) is 12.6. The fourth-order valence-corrected chi connectivity index (χ4v) is 4.13. The molecule has 26 heavy (non-hydrogen) atoms. The largest absolute Gasteiger partial charge is 0.484 e. The zero-order chi connectivity index (χ0) is 18.5. The summed E-state index contributed by atoms with van der Waals surface area (Å²) in [6.07, 6.45) is 0.842. The smallest absolute Gasteiger partial charge is 0.260 e. The van der Waals surface area contributed by atoms with Crippen molar-refractivity contribution in [2.45, 2.75) is 30.1 Å². The van der Waals surface area contributed by atoms with Crippen molar-refractivity contribution in [2.24, 2.45) is 0 Å². The lowest BCUT2D eigenvalue weighted by Gasteiger charge is -2.17. The molecule has 2 aromatic carbocycles. The Morgan fingerprint density at radius 2 is 2.08 bits per heavy atom. The van der Waals surface area contributed by atoms with Gasteiger partial charge in [-0.3, -0.25) is 4.79 Å². The van der Waals surface area contributed by atoms with Gasteiger partial charge in [0.15, 0.2) is 6.61 Å². The number of thioether (sulfide) groups is 1. The highest BCUT2D eigenvalue weighted by molar-refractivity contribution is 8.00. The predicted molar refractivity (Wildman–Crippen MR) is 99.8 cm³/mol. The lowest BCUT2D eigenvalue weighted by atomic mass is 10.2. The summed E-state index contributed by atoms with van der Waals surface area (Å²) in [6, 6.07) is 12.4. The summed E-state index contributed by atoms with van der Waals surface area (Å²) in [6.45, 7) is 2.98. The molecule has 1 heterocycles. The van der Waals surface area contributed by atoms with Gasteiger partial charge in [-0.25, -0.2) is 4.39 Å². The maximum absolute atomic E-state index is 14.1. The molecule has 1 saturated heterocycles. The Balaban J connectivity index is 1.49. The number of aliphatic hydroxyl groups excluding tert-OH is 1. The summed E-state index contributed by atoms with van der Waals surface area (Å²) in [4.78, 5) is 14.8. The zero-order valence-corrected chi connectivity index (χ0v) is 15.5. The minimum atomic E-state index is -0.170. The minimum Gasteiger partial charge on any atom is -0.484 e. The molecule has 3 rings (SSSR count). The molecule has 1 unspecified atom stereocenters. The van der Waals surface area contributed by atoms with Crippen molar-refractivity contribution in [3.05, 3.63) is 59.4 Å². The number of carbonyl (C=O) groups excluding carboxylic acids is 1. The first-order valence-electron chi connectivity index (χ1n) is 8.59. The van der Waals surface area contributed by atoms with Crippen molar-refractivity contribution in [1.82, 2.24) is 4.90 Å². The number of halogens is 1. The second kappa shape index (κ2) is 8.56. The van der Waals surface area contributed by atoms with E-state index in [1.807, 2.05) is 6.07 Å². The summed E-state index contributed by atoms with van der Waals surface area (Å²) >= 11 is 1.50. The van der Waals surface area contributed by atoms with Crippen LogP contribution in [0.1, 0.15) is 17.5 Å². The molecule has 0 saturated carbocycles. The van der Waals surface area contributed by atoms with Gasteiger partial charge in [0.2, 0.25) is 0 Å². The van der Waals surface area contributed by atoms with Crippen LogP contribution in [0.2, 0.25) is 0 Å². The van der Waals surface area contributed by atoms with Crippen molar-refractivity contribution in [2.75, 3.05) is 19.7 Å². The average Bonchev–Trinajstić information content (AvgIpc) is 3.12. The van der Waals surface area contributed by atoms with E-state index in [-0.39, 0.29) is 30.2 Å². The van der Waals surface area contributed by atoms with E-state index in [1.54, 1.807) is 48.2 Å². The first-order valence-corrected chi connectivity index (χ1v) is 9.47. The first kappa shape index (κ1) is 18.7. The molecule has 1 atom stereocenters. The summed E-state index contributed by atoms with van der Waals surface area (Å²) < 4.78 is 19.7. The van der Waals surface area contributed by atoms with Crippen molar-refractivity contribution in [3.8, 4) is 5.75 Å². The van der Waals surface area contributed by atoms with Gasteiger partial charge in [0, 0.05) is 23.2 Å². The molecule has 0 aliphatic carbocycles. The second-order valence-electron chi connectivity index (χ2n) is 6.35. The molecule has 2 aromatic rings. The maximum Gasteiger partial charge on any atom is 0.260 e. The van der Waals surface area contributed by atoms with E-state index in [0.717, 1.165) is 12.0 Å². The molecule has 0 bridgehead atoms. The highest BCUT2D eigenvalue weighted by Crippen LogP contribution is 2.32. The van der Waals surface area contributed by atoms with E-state index in [4.69, 9.17) is 9.84 Å². The SMILES string of the molecule is Cc1cccc(SC2CCN(C(=O)COc3ccc(CO)cc3)C2)c1F. The third-order valence-electron chi connectivity index (χ3n) is 4.42. The molecule has 0 radical (unpaired) electrons. The Bertz CT molecular complexity index is 766. The molecule has 6 heteroatoms. The minimum absolute atomic E-state index is 0.0192. The number of hydrogen-bond donors (Lipinski definition) is 1. The van der Waals surface area contributed by atoms with Crippen molar-refractivity contribution < 1.29 is 19.0 Å². The van der Waals surface area contributed by atoms with Crippen molar-refractivity contribution in [1.29, 1.82) is 0 Å². The van der Waals surface area contributed by atoms with E-state index in [1.165, 1.54) is 11.8 Å². The van der Waals surface area contributed by atoms with Gasteiger partial charge in [0.25, 0.3) is 5.91 Å². The Hall–Kier alpha value is -2.05. The highest BCUT2D eigenvalue weighted by atomic mass is 32.2. The molecule has 1 amide bonds. The highest BCUT2D eigenvalue weighted by Gasteiger charge is 2.27. The van der Waals surface area contributed by atoms with Crippen LogP contribution in [0.15, 0.2) is 47.4 Å². The second-order valence-corrected chi connectivity index (χ2v) is 7.69. The lowest BCUT2D eigenvalue weighted by molar-refractivity contribution is -0.132. The van der Waals surface area contributed by atoms with Crippen molar-refractivity contribution in [3.63, 3.8) is 0 Å². The third-order valence-corrected chi connectivity index (χ3v) is 5.70. The topological polar surface area (TPSA) is 49.8 Å². The number of aryl methyl sites for hydroxylation is 1. The monoisotopic (exact) mass is 375 g/mol. The van der Waals surface area contributed by atoms with Crippen LogP contribution < -0.4 is 4.74 Å². The molecule has 1 aliphatic rings. The lowest BCUT2D eigenvalue weighted by Crippen LogP contribution is -2.33. The van der Waals surface area contributed by atoms with Crippen LogP contribution in [0.4, 0.5) is 4.39 Å². The van der Waals surface area contributed by atoms with Crippen molar-refractivity contribution >= 4 is 17.7 Å². The van der Waals surface area contributed by atoms with Gasteiger partial charge in [-0.1, -0.05) is 24.3 Å². The van der Waals surface area contributed by atoms with E-state index in [2.05, 4.69) is 0 Å². The normalized spacial score (nSPS) is 16.7. The summed E-state index contributed by atoms with van der Waals surface area (Å²) in [5, 5.41) is 9.22. The Labute approximate surface area is 157 Å².